The largest absolute Gasteiger partial charge is 0.303 e. The predicted molar refractivity (Wildman–Crippen MR) is 70.1 cm³/mol. The number of hydrogen-bond donors (Lipinski definition) is 0. The van der Waals surface area contributed by atoms with Crippen molar-refractivity contribution in [2.24, 2.45) is 0 Å². The molecule has 0 saturated heterocycles. The lowest BCUT2D eigenvalue weighted by Gasteiger charge is -1.99. The van der Waals surface area contributed by atoms with Crippen LogP contribution in [0.15, 0.2) is 42.6 Å². The molecule has 0 bridgehead atoms. The molecule has 0 atom stereocenters. The zero-order chi connectivity index (χ0) is 12.7. The molecular formula is C15H13FN2. The van der Waals surface area contributed by atoms with Gasteiger partial charge >= 0.3 is 0 Å². The summed E-state index contributed by atoms with van der Waals surface area (Å²) >= 11 is 0. The van der Waals surface area contributed by atoms with Crippen molar-refractivity contribution in [1.29, 1.82) is 0 Å². The van der Waals surface area contributed by atoms with Gasteiger partial charge in [0.1, 0.15) is 11.5 Å². The standard InChI is InChI=1S/C15H13FN2/c1-10-5-4-8-18-11(2)14(17-15(10)18)12-6-3-7-13(16)9-12/h3-9H,1-2H3. The molecule has 3 rings (SSSR count). The number of aryl methyl sites for hydroxylation is 2. The van der Waals surface area contributed by atoms with Crippen molar-refractivity contribution in [2.45, 2.75) is 13.8 Å². The van der Waals surface area contributed by atoms with Gasteiger partial charge in [0, 0.05) is 17.5 Å². The van der Waals surface area contributed by atoms with Gasteiger partial charge in [-0.1, -0.05) is 18.2 Å². The van der Waals surface area contributed by atoms with E-state index in [-0.39, 0.29) is 5.82 Å². The molecule has 2 heterocycles. The van der Waals surface area contributed by atoms with E-state index in [1.807, 2.05) is 42.6 Å². The average molecular weight is 240 g/mol. The molecule has 18 heavy (non-hydrogen) atoms. The Balaban J connectivity index is 2.30. The fourth-order valence-electron chi connectivity index (χ4n) is 2.23. The van der Waals surface area contributed by atoms with Crippen LogP contribution in [0.2, 0.25) is 0 Å². The number of aromatic nitrogens is 2. The molecule has 0 spiro atoms. The molecule has 0 aliphatic heterocycles. The lowest BCUT2D eigenvalue weighted by Crippen LogP contribution is -1.88. The van der Waals surface area contributed by atoms with Crippen LogP contribution in [0.1, 0.15) is 11.3 Å². The second-order valence-electron chi connectivity index (χ2n) is 4.44. The van der Waals surface area contributed by atoms with Gasteiger partial charge in [0.15, 0.2) is 0 Å². The Morgan fingerprint density at radius 3 is 2.67 bits per heavy atom. The van der Waals surface area contributed by atoms with E-state index in [0.717, 1.165) is 28.2 Å². The van der Waals surface area contributed by atoms with Crippen molar-refractivity contribution in [3.8, 4) is 11.3 Å². The van der Waals surface area contributed by atoms with Crippen molar-refractivity contribution in [3.05, 3.63) is 59.7 Å². The second-order valence-corrected chi connectivity index (χ2v) is 4.44. The minimum atomic E-state index is -0.235. The van der Waals surface area contributed by atoms with Gasteiger partial charge in [0.2, 0.25) is 0 Å². The van der Waals surface area contributed by atoms with Gasteiger partial charge < -0.3 is 4.40 Å². The second kappa shape index (κ2) is 3.95. The van der Waals surface area contributed by atoms with E-state index in [4.69, 9.17) is 0 Å². The van der Waals surface area contributed by atoms with E-state index < -0.39 is 0 Å². The van der Waals surface area contributed by atoms with Crippen LogP contribution in [-0.2, 0) is 0 Å². The van der Waals surface area contributed by atoms with Crippen LogP contribution in [0.3, 0.4) is 0 Å². The number of pyridine rings is 1. The molecule has 0 fully saturated rings. The number of halogens is 1. The van der Waals surface area contributed by atoms with E-state index in [1.54, 1.807) is 6.07 Å². The molecular weight excluding hydrogens is 227 g/mol. The van der Waals surface area contributed by atoms with Crippen molar-refractivity contribution in [1.82, 2.24) is 9.38 Å². The van der Waals surface area contributed by atoms with E-state index in [0.29, 0.717) is 0 Å². The monoisotopic (exact) mass is 240 g/mol. The summed E-state index contributed by atoms with van der Waals surface area (Å²) in [5, 5.41) is 0. The first-order chi connectivity index (χ1) is 8.66. The normalized spacial score (nSPS) is 11.1. The Hall–Kier alpha value is -2.16. The Labute approximate surface area is 105 Å². The van der Waals surface area contributed by atoms with Gasteiger partial charge in [-0.25, -0.2) is 9.37 Å². The fraction of sp³-hybridized carbons (Fsp3) is 0.133. The van der Waals surface area contributed by atoms with Crippen LogP contribution in [0, 0.1) is 19.7 Å². The summed E-state index contributed by atoms with van der Waals surface area (Å²) < 4.78 is 15.3. The first kappa shape index (κ1) is 11.0. The molecule has 1 aromatic carbocycles. The number of imidazole rings is 1. The van der Waals surface area contributed by atoms with Gasteiger partial charge in [-0.2, -0.15) is 0 Å². The zero-order valence-corrected chi connectivity index (χ0v) is 10.3. The van der Waals surface area contributed by atoms with E-state index in [1.165, 1.54) is 12.1 Å². The Morgan fingerprint density at radius 2 is 1.94 bits per heavy atom. The molecule has 0 N–H and O–H groups in total. The van der Waals surface area contributed by atoms with Gasteiger partial charge in [-0.15, -0.1) is 0 Å². The number of hydrogen-bond acceptors (Lipinski definition) is 1. The first-order valence-electron chi connectivity index (χ1n) is 5.87. The van der Waals surface area contributed by atoms with Crippen molar-refractivity contribution >= 4 is 5.65 Å². The number of nitrogens with zero attached hydrogens (tertiary/aromatic N) is 2. The number of fused-ring (bicyclic) bond motifs is 1. The molecule has 2 aromatic heterocycles. The van der Waals surface area contributed by atoms with Crippen molar-refractivity contribution in [2.75, 3.05) is 0 Å². The molecule has 3 aromatic rings. The summed E-state index contributed by atoms with van der Waals surface area (Å²) in [4.78, 5) is 4.62. The third-order valence-corrected chi connectivity index (χ3v) is 3.18. The molecule has 0 amide bonds. The highest BCUT2D eigenvalue weighted by Gasteiger charge is 2.11. The van der Waals surface area contributed by atoms with Gasteiger partial charge in [0.05, 0.1) is 5.69 Å². The van der Waals surface area contributed by atoms with Crippen LogP contribution >= 0.6 is 0 Å². The third-order valence-electron chi connectivity index (χ3n) is 3.18. The smallest absolute Gasteiger partial charge is 0.140 e. The number of benzene rings is 1. The Kier molecular flexibility index (Phi) is 2.40. The van der Waals surface area contributed by atoms with Gasteiger partial charge in [-0.05, 0) is 37.6 Å². The molecule has 3 heteroatoms. The molecule has 0 radical (unpaired) electrons. The zero-order valence-electron chi connectivity index (χ0n) is 10.3. The fourth-order valence-corrected chi connectivity index (χ4v) is 2.23. The Bertz CT molecular complexity index is 728. The van der Waals surface area contributed by atoms with Crippen LogP contribution in [0.25, 0.3) is 16.9 Å². The maximum atomic E-state index is 13.3. The minimum absolute atomic E-state index is 0.235. The van der Waals surface area contributed by atoms with Crippen LogP contribution in [0.5, 0.6) is 0 Å². The maximum absolute atomic E-state index is 13.3. The summed E-state index contributed by atoms with van der Waals surface area (Å²) in [6, 6.07) is 10.6. The van der Waals surface area contributed by atoms with E-state index in [9.17, 15) is 4.39 Å². The molecule has 90 valence electrons. The van der Waals surface area contributed by atoms with E-state index in [2.05, 4.69) is 4.98 Å². The highest BCUT2D eigenvalue weighted by Crippen LogP contribution is 2.25. The molecule has 0 saturated carbocycles. The van der Waals surface area contributed by atoms with E-state index >= 15 is 0 Å². The molecule has 2 nitrogen and oxygen atoms in total. The van der Waals surface area contributed by atoms with Crippen LogP contribution in [0.4, 0.5) is 4.39 Å². The van der Waals surface area contributed by atoms with Gasteiger partial charge in [0.25, 0.3) is 0 Å². The summed E-state index contributed by atoms with van der Waals surface area (Å²) in [5.41, 5.74) is 4.72. The first-order valence-corrected chi connectivity index (χ1v) is 5.87. The quantitative estimate of drug-likeness (QED) is 0.633. The summed E-state index contributed by atoms with van der Waals surface area (Å²) in [7, 11) is 0. The maximum Gasteiger partial charge on any atom is 0.140 e. The highest BCUT2D eigenvalue weighted by molar-refractivity contribution is 5.67. The third kappa shape index (κ3) is 1.59. The lowest BCUT2D eigenvalue weighted by atomic mass is 10.1. The molecule has 0 aliphatic rings. The summed E-state index contributed by atoms with van der Waals surface area (Å²) in [6.07, 6.45) is 1.98. The summed E-state index contributed by atoms with van der Waals surface area (Å²) in [6.45, 7) is 4.02. The molecule has 0 unspecified atom stereocenters. The van der Waals surface area contributed by atoms with Crippen LogP contribution in [-0.4, -0.2) is 9.38 Å². The topological polar surface area (TPSA) is 17.3 Å². The SMILES string of the molecule is Cc1cccn2c(C)c(-c3cccc(F)c3)nc12. The molecule has 0 aliphatic carbocycles. The highest BCUT2D eigenvalue weighted by atomic mass is 19.1. The summed E-state index contributed by atoms with van der Waals surface area (Å²) in [5.74, 6) is -0.235. The Morgan fingerprint density at radius 1 is 1.11 bits per heavy atom. The minimum Gasteiger partial charge on any atom is -0.303 e. The predicted octanol–water partition coefficient (Wildman–Crippen LogP) is 3.76. The average Bonchev–Trinajstić information content (AvgIpc) is 2.69. The van der Waals surface area contributed by atoms with Crippen molar-refractivity contribution in [3.63, 3.8) is 0 Å². The lowest BCUT2D eigenvalue weighted by molar-refractivity contribution is 0.628. The number of rotatable bonds is 1. The van der Waals surface area contributed by atoms with Crippen LogP contribution < -0.4 is 0 Å². The van der Waals surface area contributed by atoms with Gasteiger partial charge in [-0.3, -0.25) is 0 Å². The van der Waals surface area contributed by atoms with Crippen molar-refractivity contribution < 1.29 is 4.39 Å².